The van der Waals surface area contributed by atoms with Crippen LogP contribution in [0.3, 0.4) is 0 Å². The largest absolute Gasteiger partial charge is 0.481 e. The number of hydrogen-bond acceptors (Lipinski definition) is 13. The molecule has 0 spiro atoms. The van der Waals surface area contributed by atoms with Gasteiger partial charge in [-0.2, -0.15) is 0 Å². The van der Waals surface area contributed by atoms with Crippen molar-refractivity contribution in [3.05, 3.63) is 63.5 Å². The smallest absolute Gasteiger partial charge is 0.341 e. The monoisotopic (exact) mass is 869 g/mol. The van der Waals surface area contributed by atoms with E-state index in [0.29, 0.717) is 41.4 Å². The van der Waals surface area contributed by atoms with E-state index in [1.165, 1.54) is 14.0 Å². The number of carbonyl (C=O) groups excluding carboxylic acids is 4. The first-order chi connectivity index (χ1) is 28.2. The Balaban J connectivity index is 0.000000230. The summed E-state index contributed by atoms with van der Waals surface area (Å²) in [7, 11) is 1.23. The number of thiophene rings is 1. The number of nitrogens with one attached hydrogen (secondary N) is 2. The topological polar surface area (TPSA) is 239 Å². The molecule has 6 atom stereocenters. The second kappa shape index (κ2) is 17.6. The van der Waals surface area contributed by atoms with Crippen molar-refractivity contribution >= 4 is 63.7 Å². The predicted molar refractivity (Wildman–Crippen MR) is 223 cm³/mol. The second-order valence-corrected chi connectivity index (χ2v) is 18.2. The first kappa shape index (κ1) is 45.6. The Bertz CT molecular complexity index is 2200. The standard InChI is InChI=1S/C23H31NO7S.C19H20N2O6S/c1-7-14(13-8-9-15-16(10-13)31-11-30-15)17(25)24-18-22(6,19(26)27)12(2)23(32-18,20(28)29)21(3,4)5;1-4-11(10-5-6-12-13(7-10)27-8-26-12)17(23)21-18-14(19(24)25-3)9(2)15(28-18)16(20)22/h8-10,12,14,18H,7,11H2,1-6H3,(H,24,25)(H,26,27)(H,28,29);5-7,11H,4,8H2,1-3H3,(H2,20,22)(H,21,23). The van der Waals surface area contributed by atoms with E-state index in [-0.39, 0.29) is 40.8 Å². The molecule has 3 aliphatic rings. The van der Waals surface area contributed by atoms with Crippen LogP contribution in [0.1, 0.15) is 110 Å². The lowest BCUT2D eigenvalue weighted by Crippen LogP contribution is -2.54. The quantitative estimate of drug-likeness (QED) is 0.122. The van der Waals surface area contributed by atoms with Gasteiger partial charge >= 0.3 is 17.9 Å². The van der Waals surface area contributed by atoms with E-state index in [2.05, 4.69) is 10.6 Å². The Kier molecular flexibility index (Phi) is 13.4. The van der Waals surface area contributed by atoms with Crippen LogP contribution in [0.25, 0.3) is 0 Å². The van der Waals surface area contributed by atoms with E-state index < -0.39 is 62.5 Å². The SMILES string of the molecule is CCC(C(=O)NC1SC(C(=O)O)(C(C)(C)C)C(C)C1(C)C(=O)O)c1ccc2c(c1)OCO2.CCC(C(=O)Nc1sc(C(N)=O)c(C)c1C(=O)OC)c1ccc2c(c1)OCO2. The van der Waals surface area contributed by atoms with Gasteiger partial charge in [0.15, 0.2) is 23.0 Å². The van der Waals surface area contributed by atoms with Crippen LogP contribution in [0.5, 0.6) is 23.0 Å². The van der Waals surface area contributed by atoms with Gasteiger partial charge < -0.3 is 50.3 Å². The van der Waals surface area contributed by atoms with Crippen molar-refractivity contribution in [3.63, 3.8) is 0 Å². The van der Waals surface area contributed by atoms with Gasteiger partial charge in [-0.05, 0) is 73.1 Å². The van der Waals surface area contributed by atoms with E-state index in [9.17, 15) is 39.0 Å². The van der Waals surface area contributed by atoms with Crippen LogP contribution in [-0.2, 0) is 23.9 Å². The summed E-state index contributed by atoms with van der Waals surface area (Å²) in [5.41, 5.74) is 5.16. The molecule has 6 unspecified atom stereocenters. The van der Waals surface area contributed by atoms with E-state index in [0.717, 1.165) is 34.2 Å². The van der Waals surface area contributed by atoms with Crippen molar-refractivity contribution in [1.29, 1.82) is 0 Å². The van der Waals surface area contributed by atoms with Gasteiger partial charge in [-0.3, -0.25) is 24.0 Å². The van der Waals surface area contributed by atoms with Crippen LogP contribution >= 0.6 is 23.1 Å². The summed E-state index contributed by atoms with van der Waals surface area (Å²) in [4.78, 5) is 75.2. The van der Waals surface area contributed by atoms with E-state index in [1.807, 2.05) is 13.8 Å². The minimum atomic E-state index is -1.47. The fourth-order valence-electron chi connectivity index (χ4n) is 7.94. The van der Waals surface area contributed by atoms with E-state index >= 15 is 0 Å². The second-order valence-electron chi connectivity index (χ2n) is 15.9. The molecule has 1 saturated heterocycles. The average Bonchev–Trinajstić information content (AvgIpc) is 3.97. The lowest BCUT2D eigenvalue weighted by Gasteiger charge is -2.42. The Morgan fingerprint density at radius 3 is 1.80 bits per heavy atom. The number of benzene rings is 2. The Morgan fingerprint density at radius 2 is 1.37 bits per heavy atom. The van der Waals surface area contributed by atoms with Crippen LogP contribution < -0.4 is 35.3 Å². The van der Waals surface area contributed by atoms with Crippen molar-refractivity contribution in [2.75, 3.05) is 26.0 Å². The number of carbonyl (C=O) groups is 6. The van der Waals surface area contributed by atoms with Crippen LogP contribution in [-0.4, -0.2) is 76.7 Å². The number of amides is 3. The molecule has 0 aliphatic carbocycles. The third-order valence-corrected chi connectivity index (χ3v) is 15.1. The number of methoxy groups -OCH3 is 1. The number of primary amides is 1. The lowest BCUT2D eigenvalue weighted by molar-refractivity contribution is -0.156. The molecule has 16 nitrogen and oxygen atoms in total. The molecule has 6 N–H and O–H groups in total. The lowest BCUT2D eigenvalue weighted by atomic mass is 9.63. The number of nitrogens with two attached hydrogens (primary N) is 1. The highest BCUT2D eigenvalue weighted by molar-refractivity contribution is 8.02. The highest BCUT2D eigenvalue weighted by atomic mass is 32.2. The van der Waals surface area contributed by atoms with Crippen LogP contribution in [0.15, 0.2) is 36.4 Å². The number of hydrogen-bond donors (Lipinski definition) is 5. The molecule has 0 saturated carbocycles. The minimum absolute atomic E-state index is 0.124. The highest BCUT2D eigenvalue weighted by Gasteiger charge is 2.70. The minimum Gasteiger partial charge on any atom is -0.481 e. The molecule has 3 aromatic rings. The van der Waals surface area contributed by atoms with Crippen LogP contribution in [0, 0.1) is 23.7 Å². The fourth-order valence-corrected chi connectivity index (χ4v) is 11.0. The number of carboxylic acid groups (broad SMARTS) is 2. The third kappa shape index (κ3) is 8.18. The maximum Gasteiger partial charge on any atom is 0.341 e. The summed E-state index contributed by atoms with van der Waals surface area (Å²) in [5.74, 6) is -3.58. The average molecular weight is 870 g/mol. The van der Waals surface area contributed by atoms with E-state index in [4.69, 9.17) is 29.4 Å². The predicted octanol–water partition coefficient (Wildman–Crippen LogP) is 6.50. The number of anilines is 1. The van der Waals surface area contributed by atoms with Crippen molar-refractivity contribution in [3.8, 4) is 23.0 Å². The summed E-state index contributed by atoms with van der Waals surface area (Å²) in [6.07, 6.45) is 0.998. The molecule has 1 aromatic heterocycles. The fraction of sp³-hybridized carbons (Fsp3) is 0.476. The molecule has 0 radical (unpaired) electrons. The molecule has 6 rings (SSSR count). The summed E-state index contributed by atoms with van der Waals surface area (Å²) >= 11 is 1.99. The zero-order valence-electron chi connectivity index (χ0n) is 34.9. The number of rotatable bonds is 12. The zero-order valence-corrected chi connectivity index (χ0v) is 36.5. The molecule has 18 heteroatoms. The summed E-state index contributed by atoms with van der Waals surface area (Å²) < 4.78 is 24.8. The summed E-state index contributed by atoms with van der Waals surface area (Å²) in [6.45, 7) is 14.2. The number of ether oxygens (including phenoxy) is 5. The van der Waals surface area contributed by atoms with Gasteiger partial charge in [0, 0.05) is 5.92 Å². The maximum absolute atomic E-state index is 13.3. The van der Waals surface area contributed by atoms with Crippen LogP contribution in [0.4, 0.5) is 5.00 Å². The van der Waals surface area contributed by atoms with Crippen LogP contribution in [0.2, 0.25) is 0 Å². The maximum atomic E-state index is 13.3. The summed E-state index contributed by atoms with van der Waals surface area (Å²) in [6, 6.07) is 10.6. The van der Waals surface area contributed by atoms with Gasteiger partial charge in [0.05, 0.1) is 40.2 Å². The number of fused-ring (bicyclic) bond motifs is 2. The first-order valence-corrected chi connectivity index (χ1v) is 20.9. The van der Waals surface area contributed by atoms with Gasteiger partial charge in [-0.25, -0.2) is 4.79 Å². The van der Waals surface area contributed by atoms with Crippen molar-refractivity contribution in [2.45, 2.75) is 90.2 Å². The molecule has 60 heavy (non-hydrogen) atoms. The van der Waals surface area contributed by atoms with Gasteiger partial charge in [0.25, 0.3) is 5.91 Å². The van der Waals surface area contributed by atoms with Gasteiger partial charge in [0.2, 0.25) is 25.4 Å². The van der Waals surface area contributed by atoms with Gasteiger partial charge in [0.1, 0.15) is 9.75 Å². The van der Waals surface area contributed by atoms with E-state index in [1.54, 1.807) is 71.0 Å². The number of esters is 1. The number of aliphatic carboxylic acids is 2. The first-order valence-electron chi connectivity index (χ1n) is 19.2. The molecular weight excluding hydrogens is 819 g/mol. The van der Waals surface area contributed by atoms with Crippen molar-refractivity contribution in [2.24, 2.45) is 22.5 Å². The number of carboxylic acids is 2. The molecule has 0 bridgehead atoms. The third-order valence-electron chi connectivity index (χ3n) is 11.6. The van der Waals surface area contributed by atoms with Gasteiger partial charge in [-0.15, -0.1) is 23.1 Å². The van der Waals surface area contributed by atoms with Crippen molar-refractivity contribution < 1.29 is 62.7 Å². The number of thioether (sulfide) groups is 1. The molecule has 2 aromatic carbocycles. The highest BCUT2D eigenvalue weighted by Crippen LogP contribution is 2.63. The molecule has 4 heterocycles. The molecule has 3 aliphatic heterocycles. The Labute approximate surface area is 355 Å². The molecular formula is C42H51N3O13S2. The Hall–Kier alpha value is -5.49. The van der Waals surface area contributed by atoms with Crippen molar-refractivity contribution in [1.82, 2.24) is 5.32 Å². The molecule has 324 valence electrons. The normalized spacial score (nSPS) is 22.1. The Morgan fingerprint density at radius 1 is 0.867 bits per heavy atom. The molecule has 3 amide bonds. The zero-order chi connectivity index (χ0) is 44.5. The van der Waals surface area contributed by atoms with Gasteiger partial charge in [-0.1, -0.05) is 53.7 Å². The molecule has 1 fully saturated rings. The summed E-state index contributed by atoms with van der Waals surface area (Å²) in [5, 5.41) is 25.3.